The topological polar surface area (TPSA) is 42.0 Å². The molecule has 0 bridgehead atoms. The number of para-hydroxylation sites is 1. The maximum atomic E-state index is 12.4. The Morgan fingerprint density at radius 2 is 1.61 bits per heavy atom. The van der Waals surface area contributed by atoms with Crippen molar-refractivity contribution >= 4 is 25.5 Å². The maximum absolute atomic E-state index is 12.4. The van der Waals surface area contributed by atoms with E-state index >= 15 is 0 Å². The van der Waals surface area contributed by atoms with Crippen molar-refractivity contribution in [1.29, 1.82) is 0 Å². The number of aromatic nitrogens is 1. The van der Waals surface area contributed by atoms with E-state index in [0.717, 1.165) is 16.8 Å². The van der Waals surface area contributed by atoms with Gasteiger partial charge in [-0.15, -0.1) is 0 Å². The highest BCUT2D eigenvalue weighted by molar-refractivity contribution is 7.46. The summed E-state index contributed by atoms with van der Waals surface area (Å²) in [6.45, 7) is 2.16. The highest BCUT2D eigenvalue weighted by atomic mass is 31.1. The van der Waals surface area contributed by atoms with Gasteiger partial charge in [-0.3, -0.25) is 9.78 Å². The van der Waals surface area contributed by atoms with Crippen LogP contribution in [0.2, 0.25) is 0 Å². The van der Waals surface area contributed by atoms with E-state index in [1.54, 1.807) is 24.4 Å². The number of benzene rings is 2. The van der Waals surface area contributed by atoms with Crippen LogP contribution in [0.3, 0.4) is 0 Å². The van der Waals surface area contributed by atoms with Crippen LogP contribution in [0.15, 0.2) is 72.9 Å². The second kappa shape index (κ2) is 7.17. The number of hydrogen-bond acceptors (Lipinski definition) is 2. The highest BCUT2D eigenvalue weighted by Crippen LogP contribution is 2.29. The summed E-state index contributed by atoms with van der Waals surface area (Å²) in [6.07, 6.45) is 1.62. The van der Waals surface area contributed by atoms with Crippen molar-refractivity contribution in [1.82, 2.24) is 4.98 Å². The fourth-order valence-corrected chi connectivity index (χ4v) is 3.20. The largest absolute Gasteiger partial charge is 0.320 e. The lowest BCUT2D eigenvalue weighted by molar-refractivity contribution is 0.102. The molecule has 114 valence electrons. The first-order chi connectivity index (χ1) is 11.3. The fourth-order valence-electron chi connectivity index (χ4n) is 2.45. The normalized spacial score (nSPS) is 10.8. The number of nitrogens with one attached hydrogen (secondary N) is 1. The minimum atomic E-state index is -0.200. The van der Waals surface area contributed by atoms with Gasteiger partial charge in [-0.05, 0) is 35.7 Å². The quantitative estimate of drug-likeness (QED) is 0.740. The second-order valence-electron chi connectivity index (χ2n) is 5.01. The number of nitrogens with zero attached hydrogens (tertiary/aromatic N) is 1. The molecule has 0 saturated carbocycles. The van der Waals surface area contributed by atoms with Crippen molar-refractivity contribution in [3.8, 4) is 11.1 Å². The van der Waals surface area contributed by atoms with Crippen LogP contribution in [0.4, 0.5) is 5.69 Å². The Morgan fingerprint density at radius 1 is 0.913 bits per heavy atom. The van der Waals surface area contributed by atoms with Crippen LogP contribution >= 0.6 is 8.58 Å². The third-order valence-electron chi connectivity index (χ3n) is 3.56. The molecule has 1 amide bonds. The molecule has 0 radical (unpaired) electrons. The lowest BCUT2D eigenvalue weighted by Gasteiger charge is -2.13. The number of carbonyl (C=O) groups excluding carboxylic acids is 1. The van der Waals surface area contributed by atoms with E-state index in [0.29, 0.717) is 14.3 Å². The summed E-state index contributed by atoms with van der Waals surface area (Å²) < 4.78 is 0. The molecule has 3 aromatic rings. The molecule has 2 aromatic carbocycles. The number of hydrogen-bond donors (Lipinski definition) is 1. The number of rotatable bonds is 4. The first-order valence-electron chi connectivity index (χ1n) is 7.38. The van der Waals surface area contributed by atoms with E-state index in [1.165, 1.54) is 5.30 Å². The van der Waals surface area contributed by atoms with Gasteiger partial charge in [-0.25, -0.2) is 0 Å². The van der Waals surface area contributed by atoms with Crippen LogP contribution < -0.4 is 10.6 Å². The van der Waals surface area contributed by atoms with Gasteiger partial charge < -0.3 is 5.32 Å². The molecule has 0 fully saturated rings. The zero-order chi connectivity index (χ0) is 16.1. The van der Waals surface area contributed by atoms with Gasteiger partial charge in [0.25, 0.3) is 5.91 Å². The molecular formula is C19H17N2OP. The number of carbonyl (C=O) groups is 1. The van der Waals surface area contributed by atoms with Crippen molar-refractivity contribution in [2.24, 2.45) is 0 Å². The zero-order valence-corrected chi connectivity index (χ0v) is 13.8. The van der Waals surface area contributed by atoms with E-state index in [2.05, 4.69) is 29.1 Å². The van der Waals surface area contributed by atoms with Gasteiger partial charge in [0.05, 0.1) is 0 Å². The summed E-state index contributed by atoms with van der Waals surface area (Å²) in [5.74, 6) is -0.200. The molecule has 1 aromatic heterocycles. The summed E-state index contributed by atoms with van der Waals surface area (Å²) in [4.78, 5) is 16.5. The van der Waals surface area contributed by atoms with Crippen molar-refractivity contribution in [3.05, 3.63) is 78.6 Å². The van der Waals surface area contributed by atoms with Gasteiger partial charge in [0.15, 0.2) is 0 Å². The number of anilines is 1. The van der Waals surface area contributed by atoms with Gasteiger partial charge in [0, 0.05) is 17.4 Å². The highest BCUT2D eigenvalue weighted by Gasteiger charge is 2.12. The SMILES string of the molecule is CPc1ccccc1-c1ccccc1NC(=O)c1ccccn1. The standard InChI is InChI=1S/C19H17N2OP/c1-23-18-12-5-3-9-15(18)14-8-2-4-10-16(14)21-19(22)17-11-6-7-13-20-17/h2-13,23H,1H3,(H,21,22). The van der Waals surface area contributed by atoms with Crippen LogP contribution in [0.5, 0.6) is 0 Å². The zero-order valence-electron chi connectivity index (χ0n) is 12.8. The molecule has 0 spiro atoms. The Balaban J connectivity index is 1.97. The van der Waals surface area contributed by atoms with Crippen molar-refractivity contribution in [3.63, 3.8) is 0 Å². The Morgan fingerprint density at radius 3 is 2.35 bits per heavy atom. The van der Waals surface area contributed by atoms with E-state index in [9.17, 15) is 4.79 Å². The maximum Gasteiger partial charge on any atom is 0.274 e. The minimum Gasteiger partial charge on any atom is -0.320 e. The molecule has 1 heterocycles. The van der Waals surface area contributed by atoms with Gasteiger partial charge in [-0.1, -0.05) is 57.1 Å². The Labute approximate surface area is 137 Å². The molecule has 0 aliphatic heterocycles. The van der Waals surface area contributed by atoms with E-state index < -0.39 is 0 Å². The predicted octanol–water partition coefficient (Wildman–Crippen LogP) is 3.93. The number of pyridine rings is 1. The van der Waals surface area contributed by atoms with Crippen LogP contribution in [-0.2, 0) is 0 Å². The average Bonchev–Trinajstić information content (AvgIpc) is 2.63. The van der Waals surface area contributed by atoms with Crippen LogP contribution in [0.1, 0.15) is 10.5 Å². The van der Waals surface area contributed by atoms with Crippen molar-refractivity contribution in [2.45, 2.75) is 0 Å². The predicted molar refractivity (Wildman–Crippen MR) is 97.9 cm³/mol. The second-order valence-corrected chi connectivity index (χ2v) is 6.05. The van der Waals surface area contributed by atoms with E-state index in [-0.39, 0.29) is 5.91 Å². The lowest BCUT2D eigenvalue weighted by atomic mass is 10.0. The molecule has 0 saturated heterocycles. The summed E-state index contributed by atoms with van der Waals surface area (Å²) >= 11 is 0. The van der Waals surface area contributed by atoms with Crippen LogP contribution in [0.25, 0.3) is 11.1 Å². The third-order valence-corrected chi connectivity index (χ3v) is 4.53. The van der Waals surface area contributed by atoms with E-state index in [1.807, 2.05) is 36.4 Å². The minimum absolute atomic E-state index is 0.200. The summed E-state index contributed by atoms with van der Waals surface area (Å²) in [6, 6.07) is 21.5. The Bertz CT molecular complexity index is 818. The van der Waals surface area contributed by atoms with Crippen molar-refractivity contribution in [2.75, 3.05) is 12.0 Å². The van der Waals surface area contributed by atoms with Gasteiger partial charge in [-0.2, -0.15) is 0 Å². The molecule has 23 heavy (non-hydrogen) atoms. The molecule has 3 nitrogen and oxygen atoms in total. The van der Waals surface area contributed by atoms with Gasteiger partial charge >= 0.3 is 0 Å². The molecule has 1 N–H and O–H groups in total. The molecule has 1 unspecified atom stereocenters. The van der Waals surface area contributed by atoms with Gasteiger partial charge in [0.1, 0.15) is 5.69 Å². The molecule has 4 heteroatoms. The summed E-state index contributed by atoms with van der Waals surface area (Å²) in [5.41, 5.74) is 3.40. The summed E-state index contributed by atoms with van der Waals surface area (Å²) in [7, 11) is 0.694. The van der Waals surface area contributed by atoms with Crippen LogP contribution in [0, 0.1) is 0 Å². The van der Waals surface area contributed by atoms with E-state index in [4.69, 9.17) is 0 Å². The molecular weight excluding hydrogens is 303 g/mol. The first-order valence-corrected chi connectivity index (χ1v) is 8.88. The first kappa shape index (κ1) is 15.4. The monoisotopic (exact) mass is 320 g/mol. The van der Waals surface area contributed by atoms with Crippen LogP contribution in [-0.4, -0.2) is 17.6 Å². The molecule has 1 atom stereocenters. The number of amides is 1. The summed E-state index contributed by atoms with van der Waals surface area (Å²) in [5, 5.41) is 4.26. The average molecular weight is 320 g/mol. The fraction of sp³-hybridized carbons (Fsp3) is 0.0526. The van der Waals surface area contributed by atoms with Crippen molar-refractivity contribution < 1.29 is 4.79 Å². The molecule has 3 rings (SSSR count). The smallest absolute Gasteiger partial charge is 0.274 e. The molecule has 0 aliphatic carbocycles. The molecule has 0 aliphatic rings. The Hall–Kier alpha value is -2.51. The Kier molecular flexibility index (Phi) is 4.80. The lowest BCUT2D eigenvalue weighted by Crippen LogP contribution is -2.14. The third kappa shape index (κ3) is 3.46. The van der Waals surface area contributed by atoms with Gasteiger partial charge in [0.2, 0.25) is 0 Å².